The molecule has 3 aliphatic heterocycles. The number of ether oxygens (including phenoxy) is 2. The van der Waals surface area contributed by atoms with Gasteiger partial charge in [0.1, 0.15) is 9.76 Å². The second kappa shape index (κ2) is 47.5. The van der Waals surface area contributed by atoms with Crippen LogP contribution in [0, 0.1) is 39.4 Å². The average Bonchev–Trinajstić information content (AvgIpc) is 1.65. The Labute approximate surface area is 755 Å². The molecule has 12 N–H and O–H groups in total. The number of amides is 2. The van der Waals surface area contributed by atoms with E-state index in [0.717, 1.165) is 5.47 Å². The summed E-state index contributed by atoms with van der Waals surface area (Å²) in [6, 6.07) is 14.2. The first-order chi connectivity index (χ1) is 59.0. The van der Waals surface area contributed by atoms with Gasteiger partial charge in [0.15, 0.2) is 17.2 Å². The number of benzene rings is 2. The molecule has 8 aromatic heterocycles. The van der Waals surface area contributed by atoms with Crippen molar-refractivity contribution in [3.8, 4) is 11.5 Å². The molecule has 3 aliphatic rings. The number of hydrogen-bond donors (Lipinski definition) is 8. The first kappa shape index (κ1) is 102. The minimum absolute atomic E-state index is 0.0948. The summed E-state index contributed by atoms with van der Waals surface area (Å²) in [4.78, 5) is 104. The number of pyridine rings is 2. The van der Waals surface area contributed by atoms with E-state index in [1.807, 2.05) is 80.5 Å². The summed E-state index contributed by atoms with van der Waals surface area (Å²) < 4.78 is 25.3. The van der Waals surface area contributed by atoms with Crippen molar-refractivity contribution in [2.75, 3.05) is 67.6 Å². The molecule has 1 saturated heterocycles. The maximum atomic E-state index is 12.8. The van der Waals surface area contributed by atoms with Gasteiger partial charge >= 0.3 is 37.7 Å². The predicted octanol–water partition coefficient (Wildman–Crippen LogP) is 18.2. The molecule has 1 fully saturated rings. The van der Waals surface area contributed by atoms with Gasteiger partial charge in [-0.2, -0.15) is 0 Å². The van der Waals surface area contributed by atoms with Crippen molar-refractivity contribution >= 4 is 188 Å². The zero-order valence-corrected chi connectivity index (χ0v) is 75.5. The molecule has 36 nitrogen and oxygen atoms in total. The summed E-state index contributed by atoms with van der Waals surface area (Å²) in [6.45, 7) is 74.6. The van der Waals surface area contributed by atoms with E-state index < -0.39 is 0 Å². The van der Waals surface area contributed by atoms with Gasteiger partial charge in [-0.25, -0.2) is 4.98 Å². The molecular formula is C82H87B2BrCl3N30O6S. The second-order valence-corrected chi connectivity index (χ2v) is 30.2. The first-order valence-electron chi connectivity index (χ1n) is 36.6. The molecule has 11 heterocycles. The van der Waals surface area contributed by atoms with E-state index in [9.17, 15) is 9.59 Å². The normalized spacial score (nSPS) is 12.2. The zero-order valence-electron chi connectivity index (χ0n) is 70.8. The molecule has 2 amide bonds. The monoisotopic (exact) mass is 1830 g/mol. The van der Waals surface area contributed by atoms with Gasteiger partial charge in [0.2, 0.25) is 29.1 Å². The van der Waals surface area contributed by atoms with Gasteiger partial charge in [-0.05, 0) is 124 Å². The van der Waals surface area contributed by atoms with Crippen molar-refractivity contribution < 1.29 is 28.4 Å². The van der Waals surface area contributed by atoms with E-state index in [0.29, 0.717) is 159 Å². The van der Waals surface area contributed by atoms with Crippen molar-refractivity contribution in [3.63, 3.8) is 0 Å². The summed E-state index contributed by atoms with van der Waals surface area (Å²) >= 11 is 24.7. The Morgan fingerprint density at radius 1 is 0.568 bits per heavy atom. The summed E-state index contributed by atoms with van der Waals surface area (Å²) in [5, 5.41) is 7.75. The summed E-state index contributed by atoms with van der Waals surface area (Å²) in [5.41, 5.74) is 37.1. The van der Waals surface area contributed by atoms with Crippen molar-refractivity contribution in [2.24, 2.45) is 4.30 Å². The third-order valence-corrected chi connectivity index (χ3v) is 18.4. The van der Waals surface area contributed by atoms with Crippen LogP contribution in [-0.4, -0.2) is 146 Å². The molecule has 0 aliphatic carbocycles. The minimum Gasteiger partial charge on any atom is -0.493 e. The van der Waals surface area contributed by atoms with Crippen LogP contribution in [0.5, 0.6) is 11.5 Å². The molecular weight excluding hydrogens is 1740 g/mol. The van der Waals surface area contributed by atoms with Crippen molar-refractivity contribution in [3.05, 3.63) is 262 Å². The summed E-state index contributed by atoms with van der Waals surface area (Å²) in [6.07, 6.45) is 10.5. The van der Waals surface area contributed by atoms with Gasteiger partial charge in [-0.3, -0.25) is 44.5 Å². The molecule has 2 aromatic carbocycles. The van der Waals surface area contributed by atoms with Crippen LogP contribution in [-0.2, 0) is 28.8 Å². The molecule has 43 heteroatoms. The Hall–Kier alpha value is -13.9. The second-order valence-electron chi connectivity index (χ2n) is 28.0. The molecule has 0 saturated carbocycles. The number of allylic oxidation sites excluding steroid dienone is 3. The van der Waals surface area contributed by atoms with Gasteiger partial charge in [0.25, 0.3) is 40.9 Å². The number of anilines is 9. The Bertz CT molecular complexity index is 5840. The number of aromatic nitrogens is 14. The SMILES string of the molecule is C=C(C)B1OC(C)(C)C(C)(C)O1.COc1c(Cl)cccc1Nc1cc(Cl)nc2c1C(=O)N(C)C2.[B]=NS.[C-]#[N+]c1cncc(N)n1.[C-]#[N+]c1nc(Cc2cc(Nc3cccc(Cl)c3OC)c3c(n2)CN(C)C3=O)cnc1C(C)C.[C-]#[N+]c1nc(N)cnc1Br.[C-]#[N+]c1nc(N)cnc1C(=C)C.[C-]#[N+]c1nc(N)cnc1C(=C)C.[C-]#[N+]c1nc(N)cnc1C(C)C. The zero-order chi connectivity index (χ0) is 93.5. The summed E-state index contributed by atoms with van der Waals surface area (Å²) in [5.74, 6) is 3.92. The molecule has 125 heavy (non-hydrogen) atoms. The molecule has 641 valence electrons. The Kier molecular flexibility index (Phi) is 38.6. The van der Waals surface area contributed by atoms with E-state index in [1.165, 1.54) is 44.3 Å². The van der Waals surface area contributed by atoms with Crippen LogP contribution in [0.25, 0.3) is 40.2 Å². The minimum atomic E-state index is -0.241. The van der Waals surface area contributed by atoms with E-state index in [-0.39, 0.29) is 88.5 Å². The topological polar surface area (TPSA) is 451 Å². The van der Waals surface area contributed by atoms with Crippen molar-refractivity contribution in [2.45, 2.75) is 119 Å². The number of carbonyl (C=O) groups is 2. The fourth-order valence-electron chi connectivity index (χ4n) is 10.6. The number of carbonyl (C=O) groups excluding carboxylic acids is 2. The average molecular weight is 1830 g/mol. The number of nitrogens with two attached hydrogens (primary N) is 5. The smallest absolute Gasteiger partial charge is 0.304 e. The number of nitrogens with zero attached hydrogens (tertiary/aromatic N) is 23. The number of thiol groups is 1. The molecule has 13 rings (SSSR count). The number of methoxy groups -OCH3 is 2. The van der Waals surface area contributed by atoms with Gasteiger partial charge < -0.3 is 97.0 Å². The third-order valence-electron chi connectivity index (χ3n) is 17.1. The van der Waals surface area contributed by atoms with Gasteiger partial charge in [-0.1, -0.05) is 158 Å². The number of hydrogen-bond acceptors (Lipinski definition) is 29. The molecule has 0 atom stereocenters. The van der Waals surface area contributed by atoms with E-state index in [4.69, 9.17) is 127 Å². The number of para-hydroxylation sites is 2. The predicted molar refractivity (Wildman–Crippen MR) is 496 cm³/mol. The largest absolute Gasteiger partial charge is 0.493 e. The van der Waals surface area contributed by atoms with E-state index in [2.05, 4.69) is 165 Å². The number of nitrogen functional groups attached to an aromatic ring is 5. The van der Waals surface area contributed by atoms with Gasteiger partial charge in [0, 0.05) is 14.1 Å². The molecule has 1 radical (unpaired) electrons. The molecule has 0 bridgehead atoms. The van der Waals surface area contributed by atoms with Crippen molar-refractivity contribution in [1.82, 2.24) is 79.6 Å². The maximum Gasteiger partial charge on any atom is 0.304 e. The Balaban J connectivity index is 0.000000264. The number of halogens is 4. The van der Waals surface area contributed by atoms with Crippen LogP contribution >= 0.6 is 63.5 Å². The molecule has 10 aromatic rings. The van der Waals surface area contributed by atoms with Crippen LogP contribution < -0.4 is 48.8 Å². The third kappa shape index (κ3) is 28.6. The van der Waals surface area contributed by atoms with Gasteiger partial charge in [0.05, 0.1) is 172 Å². The maximum absolute atomic E-state index is 12.8. The molecule has 0 unspecified atom stereocenters. The fourth-order valence-corrected chi connectivity index (χ4v) is 11.6. The molecule has 0 spiro atoms. The van der Waals surface area contributed by atoms with Crippen LogP contribution in [0.4, 0.5) is 86.7 Å². The standard InChI is InChI=1S/C24H23ClN6O2.C15H13Cl2N3O2.C9H17BO2.C8H10N4.2C8H8N4.C5H3BrN4.C5H4N4.BHNS/c1-13(2)21-23(26-3)29-15(11-27-21)9-14-10-18(20-19(28-14)12-31(4)24(20)32)30-17-8-6-7-16(25)22(17)33-5;1-20-7-11-13(15(20)21)10(6-12(17)19-11)18-9-5-3-4-8(16)14(9)22-2;1-7(2)10-11-8(3,4)9(5,6)12-10;3*1-5(2)7-8(10-3)12-6(9)4-11-7;1-8-5-4(6)9-2-3(7)10-5;1-7-5-3-8-2-4(6)9-5;1-2-3/h6-8,10-11,13H,9,12H2,1-2,4-5H3,(H,28,30);3-6H,7H2,1-2H3,(H,18,19);1H2,2-6H3;4-5H,1-2H3,(H2,9,12);2*4H,1H2,2H3,(H2,9,12);2H,(H2,7,10);2-3H,(H2,6,9);3H. The fraction of sp³-hybridized carbons (Fsp3) is 0.268. The number of rotatable bonds is 13. The van der Waals surface area contributed by atoms with Crippen molar-refractivity contribution in [1.29, 1.82) is 0 Å². The van der Waals surface area contributed by atoms with E-state index in [1.54, 1.807) is 81.4 Å². The quantitative estimate of drug-likeness (QED) is 0.0230. The number of fused-ring (bicyclic) bond motifs is 2. The summed E-state index contributed by atoms with van der Waals surface area (Å²) in [7, 11) is 10.6. The van der Waals surface area contributed by atoms with Gasteiger partial charge in [-0.15, -0.1) is 11.6 Å². The van der Waals surface area contributed by atoms with Crippen LogP contribution in [0.2, 0.25) is 15.2 Å². The Morgan fingerprint density at radius 2 is 0.960 bits per heavy atom. The van der Waals surface area contributed by atoms with Crippen LogP contribution in [0.1, 0.15) is 154 Å². The first-order valence-corrected chi connectivity index (χ1v) is 39.0. The number of nitrogens with one attached hydrogen (secondary N) is 2. The van der Waals surface area contributed by atoms with E-state index >= 15 is 0 Å². The Morgan fingerprint density at radius 3 is 1.34 bits per heavy atom. The van der Waals surface area contributed by atoms with Crippen LogP contribution in [0.3, 0.4) is 0 Å². The van der Waals surface area contributed by atoms with Crippen LogP contribution in [0.15, 0.2) is 126 Å².